The Morgan fingerprint density at radius 1 is 1.56 bits per heavy atom. The van der Waals surface area contributed by atoms with Crippen molar-refractivity contribution in [3.8, 4) is 0 Å². The lowest BCUT2D eigenvalue weighted by atomic mass is 10.0. The molecule has 0 spiro atoms. The summed E-state index contributed by atoms with van der Waals surface area (Å²) >= 11 is 0. The van der Waals surface area contributed by atoms with Crippen LogP contribution in [0.25, 0.3) is 0 Å². The molecule has 3 heteroatoms. The summed E-state index contributed by atoms with van der Waals surface area (Å²) in [4.78, 5) is 2.26. The van der Waals surface area contributed by atoms with Crippen LogP contribution >= 0.6 is 0 Å². The summed E-state index contributed by atoms with van der Waals surface area (Å²) in [5.74, 6) is -0.135. The minimum atomic E-state index is -0.135. The number of hydrogen-bond donors (Lipinski definition) is 1. The van der Waals surface area contributed by atoms with Gasteiger partial charge < -0.3 is 10.2 Å². The highest BCUT2D eigenvalue weighted by Crippen LogP contribution is 2.36. The second-order valence-electron chi connectivity index (χ2n) is 4.86. The van der Waals surface area contributed by atoms with E-state index in [2.05, 4.69) is 16.8 Å². The van der Waals surface area contributed by atoms with Crippen molar-refractivity contribution < 1.29 is 4.39 Å². The number of nitrogens with zero attached hydrogens (tertiary/aromatic N) is 1. The quantitative estimate of drug-likeness (QED) is 0.777. The summed E-state index contributed by atoms with van der Waals surface area (Å²) in [6.45, 7) is 6.56. The van der Waals surface area contributed by atoms with E-state index >= 15 is 0 Å². The van der Waals surface area contributed by atoms with Crippen LogP contribution in [0.15, 0.2) is 30.9 Å². The normalized spacial score (nSPS) is 16.4. The molecule has 0 saturated heterocycles. The Bertz CT molecular complexity index is 427. The molecule has 18 heavy (non-hydrogen) atoms. The van der Waals surface area contributed by atoms with Crippen molar-refractivity contribution in [1.29, 1.82) is 0 Å². The Morgan fingerprint density at radius 2 is 2.28 bits per heavy atom. The van der Waals surface area contributed by atoms with Gasteiger partial charge in [-0.2, -0.15) is 0 Å². The van der Waals surface area contributed by atoms with Gasteiger partial charge in [0.1, 0.15) is 5.82 Å². The molecule has 98 valence electrons. The maximum Gasteiger partial charge on any atom is 0.130 e. The highest BCUT2D eigenvalue weighted by Gasteiger charge is 2.31. The second kappa shape index (κ2) is 5.53. The third-order valence-corrected chi connectivity index (χ3v) is 3.52. The average molecular weight is 248 g/mol. The van der Waals surface area contributed by atoms with E-state index in [1.807, 2.05) is 26.1 Å². The van der Waals surface area contributed by atoms with Crippen LogP contribution in [0, 0.1) is 5.82 Å². The van der Waals surface area contributed by atoms with Crippen LogP contribution in [-0.2, 0) is 0 Å². The molecule has 1 aliphatic carbocycles. The number of hydrogen-bond acceptors (Lipinski definition) is 2. The van der Waals surface area contributed by atoms with Crippen LogP contribution in [0.3, 0.4) is 0 Å². The first-order valence-corrected chi connectivity index (χ1v) is 6.52. The molecule has 1 N–H and O–H groups in total. The van der Waals surface area contributed by atoms with E-state index < -0.39 is 0 Å². The number of benzene rings is 1. The van der Waals surface area contributed by atoms with Gasteiger partial charge in [0.05, 0.1) is 0 Å². The lowest BCUT2D eigenvalue weighted by Crippen LogP contribution is -2.28. The fraction of sp³-hybridized carbons (Fsp3) is 0.467. The van der Waals surface area contributed by atoms with Crippen molar-refractivity contribution in [1.82, 2.24) is 5.32 Å². The van der Waals surface area contributed by atoms with Crippen molar-refractivity contribution in [2.45, 2.75) is 31.8 Å². The number of rotatable bonds is 6. The first-order chi connectivity index (χ1) is 8.69. The third kappa shape index (κ3) is 2.56. The Kier molecular flexibility index (Phi) is 4.02. The molecule has 0 heterocycles. The zero-order chi connectivity index (χ0) is 13.1. The van der Waals surface area contributed by atoms with Gasteiger partial charge in [0.2, 0.25) is 0 Å². The molecular formula is C15H21FN2. The molecular weight excluding hydrogens is 227 g/mol. The Hall–Kier alpha value is -1.35. The number of halogens is 1. The van der Waals surface area contributed by atoms with E-state index in [0.29, 0.717) is 6.04 Å². The van der Waals surface area contributed by atoms with Gasteiger partial charge in [0.15, 0.2) is 0 Å². The van der Waals surface area contributed by atoms with E-state index in [9.17, 15) is 4.39 Å². The highest BCUT2D eigenvalue weighted by molar-refractivity contribution is 5.57. The van der Waals surface area contributed by atoms with Crippen LogP contribution < -0.4 is 10.2 Å². The van der Waals surface area contributed by atoms with Gasteiger partial charge in [0, 0.05) is 29.9 Å². The first-order valence-electron chi connectivity index (χ1n) is 6.52. The molecule has 0 bridgehead atoms. The molecule has 1 saturated carbocycles. The molecule has 1 fully saturated rings. The largest absolute Gasteiger partial charge is 0.364 e. The van der Waals surface area contributed by atoms with Crippen LogP contribution in [-0.4, -0.2) is 19.6 Å². The van der Waals surface area contributed by atoms with Gasteiger partial charge in [-0.25, -0.2) is 4.39 Å². The molecule has 0 amide bonds. The van der Waals surface area contributed by atoms with Crippen molar-refractivity contribution >= 4 is 5.69 Å². The Labute approximate surface area is 108 Å². The Balaban J connectivity index is 2.40. The molecule has 1 aromatic carbocycles. The fourth-order valence-corrected chi connectivity index (χ4v) is 2.32. The summed E-state index contributed by atoms with van der Waals surface area (Å²) in [5.41, 5.74) is 1.76. The van der Waals surface area contributed by atoms with E-state index in [-0.39, 0.29) is 11.9 Å². The molecule has 1 aliphatic rings. The van der Waals surface area contributed by atoms with Gasteiger partial charge in [-0.15, -0.1) is 6.58 Å². The summed E-state index contributed by atoms with van der Waals surface area (Å²) < 4.78 is 14.1. The predicted molar refractivity (Wildman–Crippen MR) is 74.4 cm³/mol. The van der Waals surface area contributed by atoms with Crippen molar-refractivity contribution in [3.63, 3.8) is 0 Å². The van der Waals surface area contributed by atoms with Gasteiger partial charge in [-0.1, -0.05) is 12.1 Å². The molecule has 0 radical (unpaired) electrons. The highest BCUT2D eigenvalue weighted by atomic mass is 19.1. The van der Waals surface area contributed by atoms with Gasteiger partial charge in [0.25, 0.3) is 0 Å². The lowest BCUT2D eigenvalue weighted by molar-refractivity contribution is 0.560. The maximum absolute atomic E-state index is 14.1. The average Bonchev–Trinajstić information content (AvgIpc) is 3.19. The van der Waals surface area contributed by atoms with E-state index in [0.717, 1.165) is 17.8 Å². The van der Waals surface area contributed by atoms with Crippen LogP contribution in [0.1, 0.15) is 31.4 Å². The molecule has 2 rings (SSSR count). The summed E-state index contributed by atoms with van der Waals surface area (Å²) in [6.07, 6.45) is 4.27. The molecule has 1 unspecified atom stereocenters. The minimum Gasteiger partial charge on any atom is -0.364 e. The van der Waals surface area contributed by atoms with E-state index in [1.54, 1.807) is 6.07 Å². The van der Waals surface area contributed by atoms with Crippen molar-refractivity contribution in [3.05, 3.63) is 42.2 Å². The number of anilines is 1. The standard InChI is InChI=1S/C15H21FN2/c1-4-10-18(12-8-9-12)14-7-5-6-13(16)15(14)11(2)17-3/h4-7,11-12,17H,1,8-10H2,2-3H3. The lowest BCUT2D eigenvalue weighted by Gasteiger charge is -2.28. The summed E-state index contributed by atoms with van der Waals surface area (Å²) in [6, 6.07) is 5.88. The zero-order valence-corrected chi connectivity index (χ0v) is 11.1. The monoisotopic (exact) mass is 248 g/mol. The van der Waals surface area contributed by atoms with E-state index in [4.69, 9.17) is 0 Å². The molecule has 1 aromatic rings. The number of nitrogens with one attached hydrogen (secondary N) is 1. The third-order valence-electron chi connectivity index (χ3n) is 3.52. The zero-order valence-electron chi connectivity index (χ0n) is 11.1. The topological polar surface area (TPSA) is 15.3 Å². The SMILES string of the molecule is C=CCN(c1cccc(F)c1C(C)NC)C1CC1. The Morgan fingerprint density at radius 3 is 2.83 bits per heavy atom. The van der Waals surface area contributed by atoms with Crippen molar-refractivity contribution in [2.24, 2.45) is 0 Å². The predicted octanol–water partition coefficient (Wildman–Crippen LogP) is 3.26. The van der Waals surface area contributed by atoms with Crippen LogP contribution in [0.2, 0.25) is 0 Å². The van der Waals surface area contributed by atoms with Gasteiger partial charge >= 0.3 is 0 Å². The van der Waals surface area contributed by atoms with Gasteiger partial charge in [-0.05, 0) is 38.9 Å². The maximum atomic E-state index is 14.1. The molecule has 0 aromatic heterocycles. The van der Waals surface area contributed by atoms with Crippen molar-refractivity contribution in [2.75, 3.05) is 18.5 Å². The van der Waals surface area contributed by atoms with Crippen LogP contribution in [0.4, 0.5) is 10.1 Å². The minimum absolute atomic E-state index is 0.00673. The first kappa shape index (κ1) is 13.1. The van der Waals surface area contributed by atoms with Crippen LogP contribution in [0.5, 0.6) is 0 Å². The van der Waals surface area contributed by atoms with E-state index in [1.165, 1.54) is 18.9 Å². The smallest absolute Gasteiger partial charge is 0.130 e. The molecule has 0 aliphatic heterocycles. The molecule has 1 atom stereocenters. The summed E-state index contributed by atoms with van der Waals surface area (Å²) in [5, 5.41) is 3.13. The molecule has 2 nitrogen and oxygen atoms in total. The van der Waals surface area contributed by atoms with Gasteiger partial charge in [-0.3, -0.25) is 0 Å². The fourth-order valence-electron chi connectivity index (χ4n) is 2.32. The summed E-state index contributed by atoms with van der Waals surface area (Å²) in [7, 11) is 1.86. The second-order valence-corrected chi connectivity index (χ2v) is 4.86.